The van der Waals surface area contributed by atoms with Crippen molar-refractivity contribution in [1.29, 1.82) is 0 Å². The van der Waals surface area contributed by atoms with Crippen LogP contribution in [0.3, 0.4) is 0 Å². The van der Waals surface area contributed by atoms with Gasteiger partial charge in [0.25, 0.3) is 0 Å². The third-order valence-electron chi connectivity index (χ3n) is 2.78. The maximum absolute atomic E-state index is 11.6. The van der Waals surface area contributed by atoms with E-state index in [4.69, 9.17) is 0 Å². The molecule has 0 radical (unpaired) electrons. The predicted octanol–water partition coefficient (Wildman–Crippen LogP) is 1.12. The van der Waals surface area contributed by atoms with E-state index in [0.29, 0.717) is 18.8 Å². The van der Waals surface area contributed by atoms with Gasteiger partial charge >= 0.3 is 0 Å². The Balaban J connectivity index is 1.80. The number of thiazole rings is 1. The average molecular weight is 260 g/mol. The van der Waals surface area contributed by atoms with Gasteiger partial charge in [-0.25, -0.2) is 13.4 Å². The minimum atomic E-state index is -2.82. The minimum absolute atomic E-state index is 0.187. The Morgan fingerprint density at radius 2 is 2.44 bits per heavy atom. The van der Waals surface area contributed by atoms with Crippen LogP contribution in [0.4, 0.5) is 0 Å². The molecule has 1 aromatic rings. The number of hydrogen-bond donors (Lipinski definition) is 1. The quantitative estimate of drug-likeness (QED) is 0.881. The third kappa shape index (κ3) is 2.81. The van der Waals surface area contributed by atoms with Crippen LogP contribution in [0.15, 0.2) is 5.38 Å². The van der Waals surface area contributed by atoms with Crippen LogP contribution >= 0.6 is 11.3 Å². The highest BCUT2D eigenvalue weighted by Crippen LogP contribution is 2.19. The van der Waals surface area contributed by atoms with Crippen molar-refractivity contribution in [2.45, 2.75) is 31.6 Å². The van der Waals surface area contributed by atoms with E-state index in [0.717, 1.165) is 23.5 Å². The molecule has 1 aliphatic heterocycles. The molecule has 0 amide bonds. The molecule has 0 aromatic carbocycles. The smallest absolute Gasteiger partial charge is 0.154 e. The van der Waals surface area contributed by atoms with E-state index in [1.165, 1.54) is 0 Å². The second-order valence-corrected chi connectivity index (χ2v) is 7.49. The van der Waals surface area contributed by atoms with Gasteiger partial charge in [-0.05, 0) is 19.8 Å². The molecule has 0 aliphatic carbocycles. The van der Waals surface area contributed by atoms with Crippen molar-refractivity contribution in [2.24, 2.45) is 0 Å². The normalized spacial score (nSPS) is 23.7. The van der Waals surface area contributed by atoms with E-state index < -0.39 is 9.84 Å². The molecular weight excluding hydrogens is 244 g/mol. The molecule has 1 unspecified atom stereocenters. The van der Waals surface area contributed by atoms with Crippen molar-refractivity contribution < 1.29 is 8.42 Å². The second kappa shape index (κ2) is 4.81. The minimum Gasteiger partial charge on any atom is -0.309 e. The topological polar surface area (TPSA) is 59.1 Å². The maximum atomic E-state index is 11.6. The van der Waals surface area contributed by atoms with Crippen LogP contribution in [-0.2, 0) is 16.4 Å². The summed E-state index contributed by atoms with van der Waals surface area (Å²) in [6, 6.07) is 0. The van der Waals surface area contributed by atoms with E-state index in [9.17, 15) is 8.42 Å². The lowest BCUT2D eigenvalue weighted by Gasteiger charge is -2.09. The first kappa shape index (κ1) is 12.0. The van der Waals surface area contributed by atoms with Crippen LogP contribution in [0.1, 0.15) is 23.5 Å². The SMILES string of the molecule is Cc1csc(CNCC2CCCS2(=O)=O)n1. The molecule has 1 saturated heterocycles. The first-order valence-corrected chi connectivity index (χ1v) is 8.01. The molecular formula is C10H16N2O2S2. The van der Waals surface area contributed by atoms with Crippen molar-refractivity contribution in [3.05, 3.63) is 16.1 Å². The lowest BCUT2D eigenvalue weighted by atomic mass is 10.2. The zero-order chi connectivity index (χ0) is 11.6. The zero-order valence-corrected chi connectivity index (χ0v) is 10.9. The monoisotopic (exact) mass is 260 g/mol. The van der Waals surface area contributed by atoms with Crippen LogP contribution in [0, 0.1) is 6.92 Å². The van der Waals surface area contributed by atoms with Crippen LogP contribution in [-0.4, -0.2) is 30.9 Å². The Kier molecular flexibility index (Phi) is 3.61. The van der Waals surface area contributed by atoms with Crippen LogP contribution in [0.5, 0.6) is 0 Å². The van der Waals surface area contributed by atoms with Crippen molar-refractivity contribution in [2.75, 3.05) is 12.3 Å². The van der Waals surface area contributed by atoms with Crippen molar-refractivity contribution in [3.8, 4) is 0 Å². The summed E-state index contributed by atoms with van der Waals surface area (Å²) in [7, 11) is -2.82. The summed E-state index contributed by atoms with van der Waals surface area (Å²) in [6.07, 6.45) is 1.61. The zero-order valence-electron chi connectivity index (χ0n) is 9.27. The standard InChI is InChI=1S/C10H16N2O2S2/c1-8-7-15-10(12-8)6-11-5-9-3-2-4-16(9,13)14/h7,9,11H,2-6H2,1H3. The molecule has 6 heteroatoms. The predicted molar refractivity (Wildman–Crippen MR) is 65.4 cm³/mol. The fourth-order valence-corrected chi connectivity index (χ4v) is 4.45. The van der Waals surface area contributed by atoms with Crippen molar-refractivity contribution in [3.63, 3.8) is 0 Å². The van der Waals surface area contributed by atoms with Crippen LogP contribution in [0.25, 0.3) is 0 Å². The van der Waals surface area contributed by atoms with E-state index in [1.54, 1.807) is 11.3 Å². The molecule has 0 spiro atoms. The van der Waals surface area contributed by atoms with Gasteiger partial charge in [0.05, 0.1) is 11.0 Å². The van der Waals surface area contributed by atoms with Crippen molar-refractivity contribution in [1.82, 2.24) is 10.3 Å². The molecule has 1 aliphatic rings. The number of hydrogen-bond acceptors (Lipinski definition) is 5. The van der Waals surface area contributed by atoms with Crippen LogP contribution in [0.2, 0.25) is 0 Å². The summed E-state index contributed by atoms with van der Waals surface area (Å²) in [5.41, 5.74) is 1.02. The number of aromatic nitrogens is 1. The molecule has 1 aromatic heterocycles. The molecule has 90 valence electrons. The van der Waals surface area contributed by atoms with E-state index in [1.807, 2.05) is 12.3 Å². The lowest BCUT2D eigenvalue weighted by Crippen LogP contribution is -2.30. The highest BCUT2D eigenvalue weighted by Gasteiger charge is 2.30. The Hall–Kier alpha value is -0.460. The molecule has 4 nitrogen and oxygen atoms in total. The molecule has 2 heterocycles. The summed E-state index contributed by atoms with van der Waals surface area (Å²) in [5.74, 6) is 0.357. The summed E-state index contributed by atoms with van der Waals surface area (Å²) in [5, 5.41) is 6.02. The summed E-state index contributed by atoms with van der Waals surface area (Å²) >= 11 is 1.61. The second-order valence-electron chi connectivity index (χ2n) is 4.14. The number of aryl methyl sites for hydroxylation is 1. The van der Waals surface area contributed by atoms with Gasteiger partial charge in [-0.3, -0.25) is 0 Å². The van der Waals surface area contributed by atoms with Gasteiger partial charge in [-0.2, -0.15) is 0 Å². The maximum Gasteiger partial charge on any atom is 0.154 e. The molecule has 1 atom stereocenters. The average Bonchev–Trinajstić information content (AvgIpc) is 2.74. The van der Waals surface area contributed by atoms with Gasteiger partial charge < -0.3 is 5.32 Å². The first-order chi connectivity index (χ1) is 7.58. The molecule has 2 rings (SSSR count). The lowest BCUT2D eigenvalue weighted by molar-refractivity contribution is 0.573. The van der Waals surface area contributed by atoms with Gasteiger partial charge in [0.15, 0.2) is 9.84 Å². The summed E-state index contributed by atoms with van der Waals surface area (Å²) < 4.78 is 23.1. The van der Waals surface area contributed by atoms with Gasteiger partial charge in [0, 0.05) is 24.2 Å². The van der Waals surface area contributed by atoms with E-state index in [2.05, 4.69) is 10.3 Å². The van der Waals surface area contributed by atoms with Gasteiger partial charge in [-0.1, -0.05) is 0 Å². The van der Waals surface area contributed by atoms with Gasteiger partial charge in [0.2, 0.25) is 0 Å². The van der Waals surface area contributed by atoms with Gasteiger partial charge in [0.1, 0.15) is 5.01 Å². The highest BCUT2D eigenvalue weighted by atomic mass is 32.2. The van der Waals surface area contributed by atoms with Crippen LogP contribution < -0.4 is 5.32 Å². The van der Waals surface area contributed by atoms with E-state index >= 15 is 0 Å². The van der Waals surface area contributed by atoms with Crippen molar-refractivity contribution >= 4 is 21.2 Å². The van der Waals surface area contributed by atoms with Gasteiger partial charge in [-0.15, -0.1) is 11.3 Å². The molecule has 1 N–H and O–H groups in total. The molecule has 16 heavy (non-hydrogen) atoms. The largest absolute Gasteiger partial charge is 0.309 e. The fourth-order valence-electron chi connectivity index (χ4n) is 1.91. The Bertz CT molecular complexity index is 453. The number of sulfone groups is 1. The number of nitrogens with one attached hydrogen (secondary N) is 1. The Morgan fingerprint density at radius 1 is 1.62 bits per heavy atom. The molecule has 1 fully saturated rings. The third-order valence-corrected chi connectivity index (χ3v) is 6.02. The number of nitrogens with zero attached hydrogens (tertiary/aromatic N) is 1. The van der Waals surface area contributed by atoms with E-state index in [-0.39, 0.29) is 5.25 Å². The molecule has 0 saturated carbocycles. The first-order valence-electron chi connectivity index (χ1n) is 5.41. The fraction of sp³-hybridized carbons (Fsp3) is 0.700. The Labute approximate surface area is 100 Å². The summed E-state index contributed by atoms with van der Waals surface area (Å²) in [6.45, 7) is 3.19. The Morgan fingerprint density at radius 3 is 3.00 bits per heavy atom. The summed E-state index contributed by atoms with van der Waals surface area (Å²) in [4.78, 5) is 4.32. The number of rotatable bonds is 4. The highest BCUT2D eigenvalue weighted by molar-refractivity contribution is 7.92. The molecule has 0 bridgehead atoms.